The van der Waals surface area contributed by atoms with Crippen LogP contribution in [-0.2, 0) is 11.2 Å². The molecule has 0 unspecified atom stereocenters. The summed E-state index contributed by atoms with van der Waals surface area (Å²) < 4.78 is 2.33. The Balaban J connectivity index is 1.52. The quantitative estimate of drug-likeness (QED) is 0.708. The van der Waals surface area contributed by atoms with Crippen LogP contribution in [0.3, 0.4) is 0 Å². The number of carbonyl (C=O) groups excluding carboxylic acids is 1. The summed E-state index contributed by atoms with van der Waals surface area (Å²) >= 11 is 0. The van der Waals surface area contributed by atoms with Gasteiger partial charge in [0.25, 0.3) is 0 Å². The zero-order valence-corrected chi connectivity index (χ0v) is 17.3. The highest BCUT2D eigenvalue weighted by Crippen LogP contribution is 2.38. The van der Waals surface area contributed by atoms with Crippen LogP contribution in [0, 0.1) is 17.2 Å². The number of hydrogen-bond donors (Lipinski definition) is 1. The van der Waals surface area contributed by atoms with E-state index in [1.807, 2.05) is 17.3 Å². The van der Waals surface area contributed by atoms with Gasteiger partial charge in [-0.15, -0.1) is 0 Å². The summed E-state index contributed by atoms with van der Waals surface area (Å²) in [5.41, 5.74) is 2.81. The smallest absolute Gasteiger partial charge is 0.230 e. The molecule has 1 N–H and O–H groups in total. The summed E-state index contributed by atoms with van der Waals surface area (Å²) in [7, 11) is 0. The van der Waals surface area contributed by atoms with E-state index < -0.39 is 0 Å². The second-order valence-corrected chi connectivity index (χ2v) is 8.79. The number of hydrogen-bond acceptors (Lipinski definition) is 4. The van der Waals surface area contributed by atoms with Crippen LogP contribution in [0.4, 0.5) is 0 Å². The van der Waals surface area contributed by atoms with E-state index in [9.17, 15) is 4.79 Å². The Bertz CT molecular complexity index is 1090. The number of likely N-dealkylation sites (tertiary alicyclic amines) is 1. The van der Waals surface area contributed by atoms with E-state index in [-0.39, 0.29) is 5.91 Å². The Hall–Kier alpha value is -2.88. The topological polar surface area (TPSA) is 90.6 Å². The van der Waals surface area contributed by atoms with Gasteiger partial charge in [-0.3, -0.25) is 4.79 Å². The number of amides is 1. The van der Waals surface area contributed by atoms with Crippen LogP contribution in [-0.4, -0.2) is 43.4 Å². The molecule has 7 nitrogen and oxygen atoms in total. The molecule has 0 radical (unpaired) electrons. The van der Waals surface area contributed by atoms with Crippen molar-refractivity contribution in [3.63, 3.8) is 0 Å². The van der Waals surface area contributed by atoms with Crippen LogP contribution in [0.5, 0.6) is 0 Å². The second-order valence-electron chi connectivity index (χ2n) is 8.79. The molecule has 0 aromatic carbocycles. The number of fused-ring (bicyclic) bond motifs is 3. The molecule has 30 heavy (non-hydrogen) atoms. The molecule has 4 heterocycles. The molecule has 2 aliphatic rings. The van der Waals surface area contributed by atoms with Gasteiger partial charge in [-0.2, -0.15) is 5.26 Å². The molecule has 5 rings (SSSR count). The lowest BCUT2D eigenvalue weighted by atomic mass is 9.84. The lowest BCUT2D eigenvalue weighted by Gasteiger charge is -2.30. The number of rotatable bonds is 4. The average Bonchev–Trinajstić information content (AvgIpc) is 3.39. The van der Waals surface area contributed by atoms with Crippen LogP contribution < -0.4 is 0 Å². The predicted molar refractivity (Wildman–Crippen MR) is 115 cm³/mol. The highest BCUT2D eigenvalue weighted by molar-refractivity contribution is 6.01. The first-order chi connectivity index (χ1) is 14.7. The second kappa shape index (κ2) is 8.10. The third-order valence-electron chi connectivity index (χ3n) is 6.89. The first-order valence-corrected chi connectivity index (χ1v) is 11.2. The largest absolute Gasteiger partial charge is 0.346 e. The van der Waals surface area contributed by atoms with Crippen LogP contribution in [0.2, 0.25) is 0 Å². The van der Waals surface area contributed by atoms with E-state index in [4.69, 9.17) is 10.2 Å². The van der Waals surface area contributed by atoms with Gasteiger partial charge in [-0.05, 0) is 56.9 Å². The van der Waals surface area contributed by atoms with E-state index in [0.717, 1.165) is 79.5 Å². The lowest BCUT2D eigenvalue weighted by Crippen LogP contribution is -2.37. The van der Waals surface area contributed by atoms with Crippen molar-refractivity contribution in [1.29, 1.82) is 5.26 Å². The Labute approximate surface area is 176 Å². The molecule has 3 aromatic heterocycles. The van der Waals surface area contributed by atoms with Crippen molar-refractivity contribution in [2.24, 2.45) is 5.92 Å². The Morgan fingerprint density at radius 1 is 1.20 bits per heavy atom. The van der Waals surface area contributed by atoms with Gasteiger partial charge < -0.3 is 14.5 Å². The zero-order chi connectivity index (χ0) is 20.5. The summed E-state index contributed by atoms with van der Waals surface area (Å²) in [5.74, 6) is 1.54. The minimum absolute atomic E-state index is 0.183. The summed E-state index contributed by atoms with van der Waals surface area (Å²) in [6.45, 7) is 1.73. The molecule has 7 heteroatoms. The number of pyridine rings is 1. The molecule has 1 amide bonds. The van der Waals surface area contributed by atoms with Gasteiger partial charge in [0, 0.05) is 37.1 Å². The minimum Gasteiger partial charge on any atom is -0.346 e. The normalized spacial score (nSPS) is 22.4. The minimum atomic E-state index is 0.183. The molecule has 1 saturated heterocycles. The molecule has 1 saturated carbocycles. The predicted octanol–water partition coefficient (Wildman–Crippen LogP) is 4.11. The number of nitrogens with one attached hydrogen (secondary N) is 1. The van der Waals surface area contributed by atoms with Crippen molar-refractivity contribution in [3.05, 3.63) is 24.3 Å². The van der Waals surface area contributed by atoms with Crippen LogP contribution >= 0.6 is 0 Å². The van der Waals surface area contributed by atoms with E-state index >= 15 is 0 Å². The third-order valence-corrected chi connectivity index (χ3v) is 6.89. The molecule has 2 fully saturated rings. The maximum absolute atomic E-state index is 13.0. The number of nitriles is 1. The maximum atomic E-state index is 13.0. The molecule has 3 aromatic rings. The number of carbonyl (C=O) groups is 1. The van der Waals surface area contributed by atoms with Crippen molar-refractivity contribution in [2.75, 3.05) is 13.1 Å². The van der Waals surface area contributed by atoms with Gasteiger partial charge in [0.05, 0.1) is 24.2 Å². The van der Waals surface area contributed by atoms with Gasteiger partial charge >= 0.3 is 0 Å². The number of aromatic nitrogens is 4. The molecule has 0 bridgehead atoms. The van der Waals surface area contributed by atoms with Crippen LogP contribution in [0.15, 0.2) is 18.5 Å². The van der Waals surface area contributed by atoms with Crippen molar-refractivity contribution in [1.82, 2.24) is 24.4 Å². The van der Waals surface area contributed by atoms with Crippen molar-refractivity contribution < 1.29 is 4.79 Å². The van der Waals surface area contributed by atoms with E-state index in [1.165, 1.54) is 6.42 Å². The fourth-order valence-electron chi connectivity index (χ4n) is 5.28. The number of H-pyrrole nitrogens is 1. The van der Waals surface area contributed by atoms with Crippen molar-refractivity contribution in [2.45, 2.75) is 63.8 Å². The van der Waals surface area contributed by atoms with Gasteiger partial charge in [0.15, 0.2) is 0 Å². The summed E-state index contributed by atoms with van der Waals surface area (Å²) in [6, 6.07) is 4.70. The number of imidazole rings is 1. The Morgan fingerprint density at radius 3 is 2.77 bits per heavy atom. The van der Waals surface area contributed by atoms with E-state index in [0.29, 0.717) is 24.8 Å². The van der Waals surface area contributed by atoms with Crippen LogP contribution in [0.25, 0.3) is 22.1 Å². The fourth-order valence-corrected chi connectivity index (χ4v) is 5.28. The zero-order valence-electron chi connectivity index (χ0n) is 17.3. The monoisotopic (exact) mass is 404 g/mol. The molecule has 0 atom stereocenters. The average molecular weight is 405 g/mol. The Kier molecular flexibility index (Phi) is 5.16. The molecule has 1 aliphatic heterocycles. The highest BCUT2D eigenvalue weighted by Gasteiger charge is 2.28. The first-order valence-electron chi connectivity index (χ1n) is 11.2. The summed E-state index contributed by atoms with van der Waals surface area (Å²) in [4.78, 5) is 27.7. The molecule has 0 spiro atoms. The van der Waals surface area contributed by atoms with E-state index in [1.54, 1.807) is 0 Å². The molecular formula is C23H28N6O. The standard InChI is InChI=1S/C23H28N6O/c24-10-8-16-4-6-17(7-5-16)29-20(14-21(30)28-12-2-1-3-13-28)27-19-15-26-23-18(22(19)29)9-11-25-23/h9,11,15-17H,1-8,12-14H2,(H,25,26). The van der Waals surface area contributed by atoms with E-state index in [2.05, 4.69) is 26.7 Å². The number of nitrogens with zero attached hydrogens (tertiary/aromatic N) is 5. The molecular weight excluding hydrogens is 376 g/mol. The number of piperidine rings is 1. The van der Waals surface area contributed by atoms with Gasteiger partial charge in [-0.1, -0.05) is 0 Å². The Morgan fingerprint density at radius 2 is 2.00 bits per heavy atom. The molecule has 1 aliphatic carbocycles. The maximum Gasteiger partial charge on any atom is 0.230 e. The fraction of sp³-hybridized carbons (Fsp3) is 0.565. The van der Waals surface area contributed by atoms with Gasteiger partial charge in [0.2, 0.25) is 5.91 Å². The first kappa shape index (κ1) is 19.1. The van der Waals surface area contributed by atoms with Gasteiger partial charge in [-0.25, -0.2) is 9.97 Å². The summed E-state index contributed by atoms with van der Waals surface area (Å²) in [6.07, 6.45) is 12.3. The summed E-state index contributed by atoms with van der Waals surface area (Å²) in [5, 5.41) is 10.1. The van der Waals surface area contributed by atoms with Crippen molar-refractivity contribution >= 4 is 28.0 Å². The number of aromatic amines is 1. The SMILES string of the molecule is N#CCC1CCC(n2c(CC(=O)N3CCCCC3)nc3cnc4[nH]ccc4c32)CC1. The van der Waals surface area contributed by atoms with Crippen LogP contribution in [0.1, 0.15) is 63.2 Å². The highest BCUT2D eigenvalue weighted by atomic mass is 16.2. The molecule has 156 valence electrons. The van der Waals surface area contributed by atoms with Gasteiger partial charge in [0.1, 0.15) is 17.0 Å². The van der Waals surface area contributed by atoms with Crippen molar-refractivity contribution in [3.8, 4) is 6.07 Å². The third kappa shape index (κ3) is 3.45. The lowest BCUT2D eigenvalue weighted by molar-refractivity contribution is -0.131.